The fourth-order valence-electron chi connectivity index (χ4n) is 1.60. The number of benzene rings is 1. The fraction of sp³-hybridized carbons (Fsp3) is 0.417. The fourth-order valence-corrected chi connectivity index (χ4v) is 1.85. The van der Waals surface area contributed by atoms with Crippen LogP contribution in [-0.2, 0) is 4.74 Å². The second-order valence-corrected chi connectivity index (χ2v) is 4.49. The summed E-state index contributed by atoms with van der Waals surface area (Å²) in [5.41, 5.74) is 0.723. The van der Waals surface area contributed by atoms with Gasteiger partial charge in [0.2, 0.25) is 0 Å². The Bertz CT molecular complexity index is 450. The van der Waals surface area contributed by atoms with E-state index in [0.717, 1.165) is 5.56 Å². The van der Waals surface area contributed by atoms with E-state index in [1.807, 2.05) is 0 Å². The SMILES string of the molecule is C[C@H](O)c1ccc(OCC2CNC(=O)O2)c(Cl)c1. The lowest BCUT2D eigenvalue weighted by atomic mass is 10.1. The normalized spacial score (nSPS) is 20.2. The summed E-state index contributed by atoms with van der Waals surface area (Å²) in [7, 11) is 0. The Balaban J connectivity index is 1.95. The van der Waals surface area contributed by atoms with E-state index in [1.54, 1.807) is 25.1 Å². The van der Waals surface area contributed by atoms with Crippen molar-refractivity contribution in [2.75, 3.05) is 13.2 Å². The van der Waals surface area contributed by atoms with Crippen LogP contribution in [0, 0.1) is 0 Å². The van der Waals surface area contributed by atoms with Gasteiger partial charge < -0.3 is 19.9 Å². The van der Waals surface area contributed by atoms with Gasteiger partial charge in [0, 0.05) is 0 Å². The largest absolute Gasteiger partial charge is 0.488 e. The first-order chi connectivity index (χ1) is 8.56. The van der Waals surface area contributed by atoms with Crippen molar-refractivity contribution in [2.45, 2.75) is 19.1 Å². The number of carbonyl (C=O) groups excluding carboxylic acids is 1. The second kappa shape index (κ2) is 5.46. The lowest BCUT2D eigenvalue weighted by molar-refractivity contribution is 0.105. The number of cyclic esters (lactones) is 1. The minimum atomic E-state index is -0.573. The van der Waals surface area contributed by atoms with Gasteiger partial charge in [-0.15, -0.1) is 0 Å². The molecule has 2 atom stereocenters. The molecule has 1 aromatic rings. The first kappa shape index (κ1) is 13.0. The number of aliphatic hydroxyl groups is 1. The molecule has 2 N–H and O–H groups in total. The molecule has 0 aliphatic carbocycles. The topological polar surface area (TPSA) is 67.8 Å². The smallest absolute Gasteiger partial charge is 0.407 e. The molecule has 2 rings (SSSR count). The molecule has 1 saturated heterocycles. The van der Waals surface area contributed by atoms with Crippen molar-refractivity contribution < 1.29 is 19.4 Å². The zero-order valence-corrected chi connectivity index (χ0v) is 10.6. The Hall–Kier alpha value is -1.46. The molecule has 6 heteroatoms. The molecule has 18 heavy (non-hydrogen) atoms. The number of alkyl carbamates (subject to hydrolysis) is 1. The van der Waals surface area contributed by atoms with E-state index < -0.39 is 12.2 Å². The van der Waals surface area contributed by atoms with Crippen LogP contribution in [0.3, 0.4) is 0 Å². The van der Waals surface area contributed by atoms with E-state index in [-0.39, 0.29) is 12.7 Å². The zero-order valence-electron chi connectivity index (χ0n) is 9.85. The highest BCUT2D eigenvalue weighted by Gasteiger charge is 2.23. The van der Waals surface area contributed by atoms with Crippen molar-refractivity contribution in [1.82, 2.24) is 5.32 Å². The van der Waals surface area contributed by atoms with Gasteiger partial charge in [0.05, 0.1) is 17.7 Å². The van der Waals surface area contributed by atoms with Crippen LogP contribution in [0.25, 0.3) is 0 Å². The highest BCUT2D eigenvalue weighted by atomic mass is 35.5. The number of aliphatic hydroxyl groups excluding tert-OH is 1. The second-order valence-electron chi connectivity index (χ2n) is 4.09. The van der Waals surface area contributed by atoms with E-state index in [1.165, 1.54) is 0 Å². The van der Waals surface area contributed by atoms with Crippen LogP contribution >= 0.6 is 11.6 Å². The van der Waals surface area contributed by atoms with Gasteiger partial charge in [0.15, 0.2) is 6.10 Å². The molecule has 0 bridgehead atoms. The van der Waals surface area contributed by atoms with Crippen molar-refractivity contribution in [3.8, 4) is 5.75 Å². The number of carbonyl (C=O) groups is 1. The van der Waals surface area contributed by atoms with Gasteiger partial charge in [-0.3, -0.25) is 0 Å². The van der Waals surface area contributed by atoms with Crippen LogP contribution < -0.4 is 10.1 Å². The quantitative estimate of drug-likeness (QED) is 0.877. The minimum Gasteiger partial charge on any atom is -0.488 e. The molecule has 1 aliphatic heterocycles. The maximum absolute atomic E-state index is 10.8. The highest BCUT2D eigenvalue weighted by molar-refractivity contribution is 6.32. The standard InChI is InChI=1S/C12H14ClNO4/c1-7(15)8-2-3-11(10(13)4-8)17-6-9-5-14-12(16)18-9/h2-4,7,9,15H,5-6H2,1H3,(H,14,16)/t7-,9?/m0/s1. The molecule has 5 nitrogen and oxygen atoms in total. The van der Waals surface area contributed by atoms with Gasteiger partial charge in [-0.1, -0.05) is 17.7 Å². The Labute approximate surface area is 110 Å². The van der Waals surface area contributed by atoms with Gasteiger partial charge in [-0.2, -0.15) is 0 Å². The Kier molecular flexibility index (Phi) is 3.93. The molecule has 0 radical (unpaired) electrons. The summed E-state index contributed by atoms with van der Waals surface area (Å²) in [6, 6.07) is 5.08. The lowest BCUT2D eigenvalue weighted by Gasteiger charge is -2.13. The van der Waals surface area contributed by atoms with Crippen molar-refractivity contribution in [3.63, 3.8) is 0 Å². The molecule has 0 aromatic heterocycles. The van der Waals surface area contributed by atoms with Gasteiger partial charge in [0.1, 0.15) is 12.4 Å². The van der Waals surface area contributed by atoms with Crippen molar-refractivity contribution in [1.29, 1.82) is 0 Å². The van der Waals surface area contributed by atoms with Crippen molar-refractivity contribution in [3.05, 3.63) is 28.8 Å². The molecule has 98 valence electrons. The predicted octanol–water partition coefficient (Wildman–Crippen LogP) is 1.88. The number of amides is 1. The molecule has 1 heterocycles. The zero-order chi connectivity index (χ0) is 13.1. The van der Waals surface area contributed by atoms with Gasteiger partial charge in [-0.25, -0.2) is 4.79 Å². The van der Waals surface area contributed by atoms with E-state index in [9.17, 15) is 9.90 Å². The molecule has 1 aliphatic rings. The molecule has 1 amide bonds. The maximum Gasteiger partial charge on any atom is 0.407 e. The third-order valence-corrected chi connectivity index (χ3v) is 2.91. The number of hydrogen-bond acceptors (Lipinski definition) is 4. The number of halogens is 1. The summed E-state index contributed by atoms with van der Waals surface area (Å²) in [4.78, 5) is 10.8. The Morgan fingerprint density at radius 2 is 2.44 bits per heavy atom. The average molecular weight is 272 g/mol. The van der Waals surface area contributed by atoms with E-state index >= 15 is 0 Å². The van der Waals surface area contributed by atoms with Crippen molar-refractivity contribution in [2.24, 2.45) is 0 Å². The van der Waals surface area contributed by atoms with Crippen LogP contribution in [0.15, 0.2) is 18.2 Å². The van der Waals surface area contributed by atoms with E-state index in [4.69, 9.17) is 21.1 Å². The van der Waals surface area contributed by atoms with Crippen LogP contribution in [0.2, 0.25) is 5.02 Å². The Morgan fingerprint density at radius 1 is 1.67 bits per heavy atom. The summed E-state index contributed by atoms with van der Waals surface area (Å²) in [6.45, 7) is 2.34. The summed E-state index contributed by atoms with van der Waals surface area (Å²) < 4.78 is 10.4. The van der Waals surface area contributed by atoms with Crippen LogP contribution in [-0.4, -0.2) is 30.5 Å². The van der Waals surface area contributed by atoms with Crippen LogP contribution in [0.4, 0.5) is 4.79 Å². The monoisotopic (exact) mass is 271 g/mol. The average Bonchev–Trinajstić information content (AvgIpc) is 2.73. The summed E-state index contributed by atoms with van der Waals surface area (Å²) in [5.74, 6) is 0.504. The molecule has 1 fully saturated rings. The lowest BCUT2D eigenvalue weighted by Crippen LogP contribution is -2.22. The molecular formula is C12H14ClNO4. The summed E-state index contributed by atoms with van der Waals surface area (Å²) in [5, 5.41) is 12.4. The van der Waals surface area contributed by atoms with Crippen molar-refractivity contribution >= 4 is 17.7 Å². The van der Waals surface area contributed by atoms with Crippen LogP contribution in [0.5, 0.6) is 5.75 Å². The molecule has 1 unspecified atom stereocenters. The Morgan fingerprint density at radius 3 is 3.00 bits per heavy atom. The molecule has 0 spiro atoms. The first-order valence-electron chi connectivity index (χ1n) is 5.61. The molecular weight excluding hydrogens is 258 g/mol. The van der Waals surface area contributed by atoms with Crippen LogP contribution in [0.1, 0.15) is 18.6 Å². The summed E-state index contributed by atoms with van der Waals surface area (Å²) >= 11 is 6.03. The molecule has 0 saturated carbocycles. The third kappa shape index (κ3) is 3.05. The summed E-state index contributed by atoms with van der Waals surface area (Å²) in [6.07, 6.45) is -1.30. The first-order valence-corrected chi connectivity index (χ1v) is 5.99. The van der Waals surface area contributed by atoms with Gasteiger partial charge in [0.25, 0.3) is 0 Å². The maximum atomic E-state index is 10.8. The molecule has 1 aromatic carbocycles. The number of ether oxygens (including phenoxy) is 2. The third-order valence-electron chi connectivity index (χ3n) is 2.61. The van der Waals surface area contributed by atoms with E-state index in [0.29, 0.717) is 17.3 Å². The number of nitrogens with one attached hydrogen (secondary N) is 1. The van der Waals surface area contributed by atoms with E-state index in [2.05, 4.69) is 5.32 Å². The predicted molar refractivity (Wildman–Crippen MR) is 65.9 cm³/mol. The van der Waals surface area contributed by atoms with Gasteiger partial charge in [-0.05, 0) is 24.6 Å². The number of hydrogen-bond donors (Lipinski definition) is 2. The minimum absolute atomic E-state index is 0.243. The number of rotatable bonds is 4. The van der Waals surface area contributed by atoms with Gasteiger partial charge >= 0.3 is 6.09 Å². The highest BCUT2D eigenvalue weighted by Crippen LogP contribution is 2.28.